The second-order valence-corrected chi connectivity index (χ2v) is 7.65. The van der Waals surface area contributed by atoms with E-state index in [9.17, 15) is 18.7 Å². The van der Waals surface area contributed by atoms with Crippen molar-refractivity contribution in [2.75, 3.05) is 0 Å². The van der Waals surface area contributed by atoms with Gasteiger partial charge in [0.25, 0.3) is 12.3 Å². The van der Waals surface area contributed by atoms with Crippen molar-refractivity contribution in [1.29, 1.82) is 0 Å². The topological polar surface area (TPSA) is 69.6 Å². The summed E-state index contributed by atoms with van der Waals surface area (Å²) in [5, 5.41) is 19.1. The third-order valence-electron chi connectivity index (χ3n) is 5.53. The number of alkyl halides is 2. The summed E-state index contributed by atoms with van der Waals surface area (Å²) in [6.07, 6.45) is 0.657. The monoisotopic (exact) mass is 403 g/mol. The molecule has 29 heavy (non-hydrogen) atoms. The number of hydroxylamine groups is 1. The molecule has 4 nitrogen and oxygen atoms in total. The number of allylic oxidation sites excluding steroid dienone is 1. The van der Waals surface area contributed by atoms with E-state index in [0.29, 0.717) is 0 Å². The van der Waals surface area contributed by atoms with E-state index in [1.165, 1.54) is 18.0 Å². The number of rotatable bonds is 8. The summed E-state index contributed by atoms with van der Waals surface area (Å²) in [4.78, 5) is 12.0. The van der Waals surface area contributed by atoms with Gasteiger partial charge in [0.05, 0.1) is 5.41 Å². The van der Waals surface area contributed by atoms with Crippen LogP contribution in [0.25, 0.3) is 17.2 Å². The lowest BCUT2D eigenvalue weighted by molar-refractivity contribution is -0.182. The predicted molar refractivity (Wildman–Crippen MR) is 110 cm³/mol. The lowest BCUT2D eigenvalue weighted by atomic mass is 9.70. The third-order valence-corrected chi connectivity index (χ3v) is 5.53. The van der Waals surface area contributed by atoms with E-state index >= 15 is 0 Å². The Morgan fingerprint density at radius 2 is 1.79 bits per heavy atom. The molecule has 0 radical (unpaired) electrons. The first-order valence-corrected chi connectivity index (χ1v) is 9.40. The van der Waals surface area contributed by atoms with Crippen LogP contribution in [0.5, 0.6) is 0 Å². The minimum absolute atomic E-state index is 0.0609. The van der Waals surface area contributed by atoms with E-state index < -0.39 is 23.3 Å². The zero-order chi connectivity index (χ0) is 21.7. The first-order valence-electron chi connectivity index (χ1n) is 9.40. The molecule has 0 heterocycles. The largest absolute Gasteiger partial charge is 0.383 e. The van der Waals surface area contributed by atoms with Gasteiger partial charge in [0, 0.05) is 0 Å². The summed E-state index contributed by atoms with van der Waals surface area (Å²) in [6, 6.07) is 16.1. The summed E-state index contributed by atoms with van der Waals surface area (Å²) in [7, 11) is 0. The summed E-state index contributed by atoms with van der Waals surface area (Å²) in [5.74, 6) is -1.04. The fourth-order valence-electron chi connectivity index (χ4n) is 3.16. The van der Waals surface area contributed by atoms with Crippen molar-refractivity contribution in [2.45, 2.75) is 45.6 Å². The van der Waals surface area contributed by atoms with E-state index in [4.69, 9.17) is 5.21 Å². The van der Waals surface area contributed by atoms with Crippen LogP contribution >= 0.6 is 0 Å². The molecule has 2 rings (SSSR count). The van der Waals surface area contributed by atoms with Crippen molar-refractivity contribution >= 4 is 12.0 Å². The number of hydrogen-bond acceptors (Lipinski definition) is 3. The number of carbonyl (C=O) groups is 1. The van der Waals surface area contributed by atoms with E-state index in [2.05, 4.69) is 6.07 Å². The SMILES string of the molecule is Cc1cccc(-c2ccc(/C=C/CCC(C)(C(=O)NO)C(C)(O)C(F)F)cc2)c1. The maximum absolute atomic E-state index is 13.3. The Hall–Kier alpha value is -2.57. The molecule has 2 atom stereocenters. The average Bonchev–Trinajstić information content (AvgIpc) is 2.70. The van der Waals surface area contributed by atoms with Crippen LogP contribution in [0.2, 0.25) is 0 Å². The molecule has 0 bridgehead atoms. The van der Waals surface area contributed by atoms with Gasteiger partial charge in [0.2, 0.25) is 0 Å². The number of hydrogen-bond donors (Lipinski definition) is 3. The van der Waals surface area contributed by atoms with Crippen molar-refractivity contribution in [3.8, 4) is 11.1 Å². The normalized spacial score (nSPS) is 15.9. The number of benzene rings is 2. The molecule has 1 amide bonds. The van der Waals surface area contributed by atoms with Crippen LogP contribution in [0.15, 0.2) is 54.6 Å². The first kappa shape index (κ1) is 22.7. The fraction of sp³-hybridized carbons (Fsp3) is 0.348. The summed E-state index contributed by atoms with van der Waals surface area (Å²) in [6.45, 7) is 4.16. The van der Waals surface area contributed by atoms with Crippen LogP contribution in [0.4, 0.5) is 8.78 Å². The van der Waals surface area contributed by atoms with E-state index in [1.54, 1.807) is 6.08 Å². The molecule has 0 aromatic heterocycles. The Morgan fingerprint density at radius 1 is 1.14 bits per heavy atom. The zero-order valence-corrected chi connectivity index (χ0v) is 16.8. The van der Waals surface area contributed by atoms with Crippen molar-refractivity contribution in [2.24, 2.45) is 5.41 Å². The second kappa shape index (κ2) is 9.29. The van der Waals surface area contributed by atoms with Gasteiger partial charge < -0.3 is 5.11 Å². The Bertz CT molecular complexity index is 863. The third kappa shape index (κ3) is 5.08. The highest BCUT2D eigenvalue weighted by Crippen LogP contribution is 2.40. The summed E-state index contributed by atoms with van der Waals surface area (Å²) >= 11 is 0. The molecule has 0 spiro atoms. The Morgan fingerprint density at radius 3 is 2.34 bits per heavy atom. The average molecular weight is 403 g/mol. The Labute approximate surface area is 169 Å². The minimum Gasteiger partial charge on any atom is -0.383 e. The van der Waals surface area contributed by atoms with Crippen LogP contribution in [-0.2, 0) is 4.79 Å². The molecule has 6 heteroatoms. The van der Waals surface area contributed by atoms with Gasteiger partial charge in [-0.1, -0.05) is 66.2 Å². The zero-order valence-electron chi connectivity index (χ0n) is 16.8. The Kier molecular flexibility index (Phi) is 7.27. The summed E-state index contributed by atoms with van der Waals surface area (Å²) in [5.41, 5.74) is 1.28. The van der Waals surface area contributed by atoms with Gasteiger partial charge in [-0.3, -0.25) is 10.0 Å². The quantitative estimate of drug-likeness (QED) is 0.430. The molecule has 156 valence electrons. The highest BCUT2D eigenvalue weighted by molar-refractivity contribution is 5.82. The lowest BCUT2D eigenvalue weighted by Crippen LogP contribution is -2.57. The molecular formula is C23H27F2NO3. The van der Waals surface area contributed by atoms with Crippen LogP contribution in [0, 0.1) is 12.3 Å². The number of nitrogens with one attached hydrogen (secondary N) is 1. The van der Waals surface area contributed by atoms with Crippen molar-refractivity contribution < 1.29 is 23.9 Å². The number of carbonyl (C=O) groups excluding carboxylic acids is 1. The second-order valence-electron chi connectivity index (χ2n) is 7.65. The van der Waals surface area contributed by atoms with Gasteiger partial charge >= 0.3 is 0 Å². The van der Waals surface area contributed by atoms with Gasteiger partial charge in [-0.15, -0.1) is 0 Å². The van der Waals surface area contributed by atoms with Gasteiger partial charge in [0.15, 0.2) is 0 Å². The van der Waals surface area contributed by atoms with Crippen molar-refractivity contribution in [3.63, 3.8) is 0 Å². The Balaban J connectivity index is 2.07. The van der Waals surface area contributed by atoms with E-state index in [0.717, 1.165) is 23.6 Å². The van der Waals surface area contributed by atoms with Gasteiger partial charge in [0.1, 0.15) is 5.60 Å². The molecule has 0 saturated heterocycles. The van der Waals surface area contributed by atoms with Crippen molar-refractivity contribution in [1.82, 2.24) is 5.48 Å². The standard InChI is InChI=1S/C23H27F2NO3/c1-16-7-6-9-19(15-16)18-12-10-17(11-13-18)8-4-5-14-22(2,21(27)26-29)23(3,28)20(24)25/h4,6-13,15,20,28-29H,5,14H2,1-3H3,(H,26,27)/b8-4+. The number of halogens is 2. The highest BCUT2D eigenvalue weighted by Gasteiger charge is 2.54. The molecule has 2 unspecified atom stereocenters. The predicted octanol–water partition coefficient (Wildman–Crippen LogP) is 4.98. The van der Waals surface area contributed by atoms with Gasteiger partial charge in [-0.2, -0.15) is 0 Å². The molecule has 0 aliphatic carbocycles. The molecule has 2 aromatic carbocycles. The molecule has 0 aliphatic heterocycles. The first-order chi connectivity index (χ1) is 13.6. The van der Waals surface area contributed by atoms with Crippen LogP contribution in [-0.4, -0.2) is 28.2 Å². The van der Waals surface area contributed by atoms with Gasteiger partial charge in [-0.05, 0) is 50.3 Å². The molecular weight excluding hydrogens is 376 g/mol. The van der Waals surface area contributed by atoms with Crippen LogP contribution in [0.1, 0.15) is 37.8 Å². The van der Waals surface area contributed by atoms with Gasteiger partial charge in [-0.25, -0.2) is 14.3 Å². The number of amides is 1. The number of aliphatic hydroxyl groups is 1. The van der Waals surface area contributed by atoms with Crippen LogP contribution in [0.3, 0.4) is 0 Å². The van der Waals surface area contributed by atoms with Crippen LogP contribution < -0.4 is 5.48 Å². The van der Waals surface area contributed by atoms with Crippen molar-refractivity contribution in [3.05, 3.63) is 65.7 Å². The lowest BCUT2D eigenvalue weighted by Gasteiger charge is -2.40. The molecule has 0 aliphatic rings. The summed E-state index contributed by atoms with van der Waals surface area (Å²) < 4.78 is 26.5. The van der Waals surface area contributed by atoms with E-state index in [-0.39, 0.29) is 12.8 Å². The molecule has 0 fully saturated rings. The smallest absolute Gasteiger partial charge is 0.267 e. The fourth-order valence-corrected chi connectivity index (χ4v) is 3.16. The molecule has 2 aromatic rings. The minimum atomic E-state index is -3.14. The number of aryl methyl sites for hydroxylation is 1. The molecule has 3 N–H and O–H groups in total. The maximum Gasteiger partial charge on any atom is 0.267 e. The van der Waals surface area contributed by atoms with E-state index in [1.807, 2.05) is 55.5 Å². The molecule has 0 saturated carbocycles. The highest BCUT2D eigenvalue weighted by atomic mass is 19.3. The maximum atomic E-state index is 13.3.